The summed E-state index contributed by atoms with van der Waals surface area (Å²) >= 11 is 0. The molecule has 1 saturated heterocycles. The van der Waals surface area contributed by atoms with Crippen molar-refractivity contribution in [2.24, 2.45) is 0 Å². The molecule has 0 aliphatic carbocycles. The van der Waals surface area contributed by atoms with Crippen LogP contribution in [0, 0.1) is 0 Å². The van der Waals surface area contributed by atoms with Gasteiger partial charge in [0.2, 0.25) is 0 Å². The van der Waals surface area contributed by atoms with E-state index >= 15 is 0 Å². The maximum atomic E-state index is 11.1. The van der Waals surface area contributed by atoms with Gasteiger partial charge in [-0.05, 0) is 40.0 Å². The molecule has 0 aromatic carbocycles. The molecule has 1 rings (SSSR count). The molecule has 1 aliphatic rings. The van der Waals surface area contributed by atoms with Gasteiger partial charge in [-0.15, -0.1) is 0 Å². The molecule has 1 aliphatic heterocycles. The van der Waals surface area contributed by atoms with E-state index in [-0.39, 0.29) is 12.1 Å². The summed E-state index contributed by atoms with van der Waals surface area (Å²) in [5.74, 6) is -0.553. The van der Waals surface area contributed by atoms with Gasteiger partial charge >= 0.3 is 5.97 Å². The molecule has 1 unspecified atom stereocenters. The van der Waals surface area contributed by atoms with Crippen molar-refractivity contribution in [2.45, 2.75) is 58.3 Å². The van der Waals surface area contributed by atoms with E-state index in [4.69, 9.17) is 14.2 Å². The van der Waals surface area contributed by atoms with E-state index in [2.05, 4.69) is 12.2 Å². The number of carbonyl (C=O) groups excluding carboxylic acids is 1. The van der Waals surface area contributed by atoms with Gasteiger partial charge in [0.15, 0.2) is 5.79 Å². The summed E-state index contributed by atoms with van der Waals surface area (Å²) in [6.07, 6.45) is 7.44. The average molecular weight is 256 g/mol. The summed E-state index contributed by atoms with van der Waals surface area (Å²) < 4.78 is 16.0. The maximum Gasteiger partial charge on any atom is 0.305 e. The third-order valence-corrected chi connectivity index (χ3v) is 2.69. The molecule has 104 valence electrons. The number of esters is 1. The van der Waals surface area contributed by atoms with Gasteiger partial charge in [0, 0.05) is 6.42 Å². The molecule has 0 aromatic heterocycles. The van der Waals surface area contributed by atoms with Gasteiger partial charge in [0.25, 0.3) is 0 Å². The zero-order valence-electron chi connectivity index (χ0n) is 11.6. The summed E-state index contributed by atoms with van der Waals surface area (Å²) in [5, 5.41) is 0. The van der Waals surface area contributed by atoms with Crippen LogP contribution in [0.2, 0.25) is 0 Å². The molecule has 0 spiro atoms. The Morgan fingerprint density at radius 3 is 2.83 bits per heavy atom. The second-order valence-electron chi connectivity index (χ2n) is 4.86. The van der Waals surface area contributed by atoms with Crippen molar-refractivity contribution in [3.63, 3.8) is 0 Å². The first-order valence-corrected chi connectivity index (χ1v) is 6.66. The lowest BCUT2D eigenvalue weighted by Gasteiger charge is -2.16. The minimum absolute atomic E-state index is 0.111. The molecule has 4 nitrogen and oxygen atoms in total. The Bertz CT molecular complexity index is 284. The molecule has 0 radical (unpaired) electrons. The van der Waals surface area contributed by atoms with Gasteiger partial charge < -0.3 is 14.2 Å². The fourth-order valence-electron chi connectivity index (χ4n) is 1.84. The molecule has 1 atom stereocenters. The van der Waals surface area contributed by atoms with Crippen molar-refractivity contribution < 1.29 is 19.0 Å². The Morgan fingerprint density at radius 1 is 1.44 bits per heavy atom. The largest absolute Gasteiger partial charge is 0.466 e. The van der Waals surface area contributed by atoms with E-state index in [9.17, 15) is 4.79 Å². The summed E-state index contributed by atoms with van der Waals surface area (Å²) in [6, 6.07) is 0. The standard InChI is InChI=1S/C14H24O4/c1-4-16-13(15)10-8-6-5-7-9-12-11-17-14(2,3)18-12/h5,7,12H,4,6,8-11H2,1-3H3/b7-5-. The number of unbranched alkanes of at least 4 members (excludes halogenated alkanes) is 1. The Morgan fingerprint density at radius 2 is 2.22 bits per heavy atom. The molecular formula is C14H24O4. The molecule has 0 amide bonds. The van der Waals surface area contributed by atoms with Crippen molar-refractivity contribution in [2.75, 3.05) is 13.2 Å². The fourth-order valence-corrected chi connectivity index (χ4v) is 1.84. The average Bonchev–Trinajstić information content (AvgIpc) is 2.64. The summed E-state index contributed by atoms with van der Waals surface area (Å²) in [7, 11) is 0. The quantitative estimate of drug-likeness (QED) is 0.399. The van der Waals surface area contributed by atoms with Crippen LogP contribution in [-0.4, -0.2) is 31.1 Å². The molecule has 1 heterocycles. The summed E-state index contributed by atoms with van der Waals surface area (Å²) in [4.78, 5) is 11.1. The minimum atomic E-state index is -0.442. The van der Waals surface area contributed by atoms with Crippen LogP contribution >= 0.6 is 0 Å². The maximum absolute atomic E-state index is 11.1. The van der Waals surface area contributed by atoms with Gasteiger partial charge in [-0.3, -0.25) is 4.79 Å². The van der Waals surface area contributed by atoms with E-state index in [1.54, 1.807) is 0 Å². The van der Waals surface area contributed by atoms with Gasteiger partial charge in [0.1, 0.15) is 0 Å². The summed E-state index contributed by atoms with van der Waals surface area (Å²) in [6.45, 7) is 6.79. The Kier molecular flexibility index (Phi) is 6.36. The lowest BCUT2D eigenvalue weighted by Crippen LogP contribution is -2.21. The highest BCUT2D eigenvalue weighted by atomic mass is 16.7. The van der Waals surface area contributed by atoms with E-state index in [1.165, 1.54) is 0 Å². The second-order valence-corrected chi connectivity index (χ2v) is 4.86. The Balaban J connectivity index is 2.03. The first kappa shape index (κ1) is 15.2. The highest BCUT2D eigenvalue weighted by molar-refractivity contribution is 5.69. The van der Waals surface area contributed by atoms with Crippen LogP contribution in [0.1, 0.15) is 46.5 Å². The molecule has 4 heteroatoms. The molecule has 0 aromatic rings. The zero-order chi connectivity index (χ0) is 13.4. The van der Waals surface area contributed by atoms with Crippen LogP contribution < -0.4 is 0 Å². The van der Waals surface area contributed by atoms with Gasteiger partial charge in [-0.25, -0.2) is 0 Å². The Labute approximate surface area is 109 Å². The van der Waals surface area contributed by atoms with Crippen molar-refractivity contribution >= 4 is 5.97 Å². The van der Waals surface area contributed by atoms with Crippen LogP contribution in [0.25, 0.3) is 0 Å². The Hall–Kier alpha value is -0.870. The smallest absolute Gasteiger partial charge is 0.305 e. The topological polar surface area (TPSA) is 44.8 Å². The molecule has 0 bridgehead atoms. The third kappa shape index (κ3) is 6.17. The minimum Gasteiger partial charge on any atom is -0.466 e. The van der Waals surface area contributed by atoms with Crippen LogP contribution in [0.3, 0.4) is 0 Å². The zero-order valence-corrected chi connectivity index (χ0v) is 11.6. The normalized spacial score (nSPS) is 22.5. The van der Waals surface area contributed by atoms with Crippen LogP contribution in [0.5, 0.6) is 0 Å². The molecule has 0 N–H and O–H groups in total. The van der Waals surface area contributed by atoms with E-state index in [0.717, 1.165) is 19.3 Å². The van der Waals surface area contributed by atoms with Crippen LogP contribution in [-0.2, 0) is 19.0 Å². The number of carbonyl (C=O) groups is 1. The predicted octanol–water partition coefficient (Wildman–Crippen LogP) is 2.82. The van der Waals surface area contributed by atoms with Crippen LogP contribution in [0.4, 0.5) is 0 Å². The lowest BCUT2D eigenvalue weighted by atomic mass is 10.2. The number of allylic oxidation sites excluding steroid dienone is 1. The highest BCUT2D eigenvalue weighted by Crippen LogP contribution is 2.24. The number of hydrogen-bond acceptors (Lipinski definition) is 4. The number of hydrogen-bond donors (Lipinski definition) is 0. The molecule has 18 heavy (non-hydrogen) atoms. The van der Waals surface area contributed by atoms with Crippen molar-refractivity contribution in [1.82, 2.24) is 0 Å². The molecule has 0 saturated carbocycles. The second kappa shape index (κ2) is 7.54. The number of ether oxygens (including phenoxy) is 3. The van der Waals surface area contributed by atoms with Gasteiger partial charge in [-0.2, -0.15) is 0 Å². The molecular weight excluding hydrogens is 232 g/mol. The van der Waals surface area contributed by atoms with Gasteiger partial charge in [0.05, 0.1) is 19.3 Å². The van der Waals surface area contributed by atoms with Crippen molar-refractivity contribution in [1.29, 1.82) is 0 Å². The summed E-state index contributed by atoms with van der Waals surface area (Å²) in [5.41, 5.74) is 0. The fraction of sp³-hybridized carbons (Fsp3) is 0.786. The van der Waals surface area contributed by atoms with Crippen molar-refractivity contribution in [3.05, 3.63) is 12.2 Å². The monoisotopic (exact) mass is 256 g/mol. The molecule has 1 fully saturated rings. The van der Waals surface area contributed by atoms with Crippen molar-refractivity contribution in [3.8, 4) is 0 Å². The van der Waals surface area contributed by atoms with E-state index in [0.29, 0.717) is 19.6 Å². The lowest BCUT2D eigenvalue weighted by molar-refractivity contribution is -0.143. The van der Waals surface area contributed by atoms with Crippen LogP contribution in [0.15, 0.2) is 12.2 Å². The highest BCUT2D eigenvalue weighted by Gasteiger charge is 2.31. The first-order valence-electron chi connectivity index (χ1n) is 6.66. The first-order chi connectivity index (χ1) is 8.53. The predicted molar refractivity (Wildman–Crippen MR) is 69.1 cm³/mol. The van der Waals surface area contributed by atoms with E-state index in [1.807, 2.05) is 20.8 Å². The number of rotatable bonds is 7. The van der Waals surface area contributed by atoms with Gasteiger partial charge in [-0.1, -0.05) is 12.2 Å². The SMILES string of the molecule is CCOC(=O)CCC/C=C\CC1COC(C)(C)O1. The van der Waals surface area contributed by atoms with E-state index < -0.39 is 5.79 Å². The third-order valence-electron chi connectivity index (χ3n) is 2.69.